The van der Waals surface area contributed by atoms with E-state index in [1.807, 2.05) is 11.8 Å². The molecule has 7 heteroatoms. The number of aromatic nitrogens is 3. The SMILES string of the molecule is CCN(C[C@H]1CCOC1)C(=O)NCc1nnc2n1CCCCC2. The second-order valence-corrected chi connectivity index (χ2v) is 6.42. The Hall–Kier alpha value is -1.63. The molecule has 23 heavy (non-hydrogen) atoms. The number of aryl methyl sites for hydroxylation is 1. The smallest absolute Gasteiger partial charge is 0.317 e. The van der Waals surface area contributed by atoms with Crippen molar-refractivity contribution in [2.45, 2.75) is 52.1 Å². The number of carbonyl (C=O) groups is 1. The molecule has 3 heterocycles. The van der Waals surface area contributed by atoms with Crippen molar-refractivity contribution in [1.82, 2.24) is 25.0 Å². The molecule has 0 spiro atoms. The summed E-state index contributed by atoms with van der Waals surface area (Å²) in [5.74, 6) is 2.39. The molecule has 128 valence electrons. The van der Waals surface area contributed by atoms with Crippen LogP contribution < -0.4 is 5.32 Å². The Kier molecular flexibility index (Phi) is 5.48. The Balaban J connectivity index is 1.54. The van der Waals surface area contributed by atoms with Crippen molar-refractivity contribution in [2.75, 3.05) is 26.3 Å². The summed E-state index contributed by atoms with van der Waals surface area (Å²) >= 11 is 0. The number of fused-ring (bicyclic) bond motifs is 1. The number of hydrogen-bond donors (Lipinski definition) is 1. The van der Waals surface area contributed by atoms with Crippen LogP contribution in [0.15, 0.2) is 0 Å². The quantitative estimate of drug-likeness (QED) is 0.893. The zero-order valence-electron chi connectivity index (χ0n) is 14.0. The predicted octanol–water partition coefficient (Wildman–Crippen LogP) is 1.57. The molecule has 0 aromatic carbocycles. The van der Waals surface area contributed by atoms with E-state index in [2.05, 4.69) is 20.1 Å². The predicted molar refractivity (Wildman–Crippen MR) is 86.0 cm³/mol. The molecule has 0 radical (unpaired) electrons. The molecule has 0 unspecified atom stereocenters. The lowest BCUT2D eigenvalue weighted by Gasteiger charge is -2.24. The molecule has 7 nitrogen and oxygen atoms in total. The van der Waals surface area contributed by atoms with Crippen LogP contribution in [0.1, 0.15) is 44.3 Å². The number of hydrogen-bond acceptors (Lipinski definition) is 4. The number of carbonyl (C=O) groups excluding carboxylic acids is 1. The van der Waals surface area contributed by atoms with Crippen LogP contribution in [0.2, 0.25) is 0 Å². The molecule has 1 saturated heterocycles. The minimum Gasteiger partial charge on any atom is -0.381 e. The van der Waals surface area contributed by atoms with E-state index in [9.17, 15) is 4.79 Å². The van der Waals surface area contributed by atoms with E-state index in [1.165, 1.54) is 12.8 Å². The maximum absolute atomic E-state index is 12.4. The zero-order chi connectivity index (χ0) is 16.1. The first-order chi connectivity index (χ1) is 11.3. The maximum atomic E-state index is 12.4. The van der Waals surface area contributed by atoms with E-state index < -0.39 is 0 Å². The maximum Gasteiger partial charge on any atom is 0.317 e. The average Bonchev–Trinajstić information content (AvgIpc) is 3.15. The van der Waals surface area contributed by atoms with Crippen molar-refractivity contribution < 1.29 is 9.53 Å². The van der Waals surface area contributed by atoms with Gasteiger partial charge in [-0.3, -0.25) is 0 Å². The highest BCUT2D eigenvalue weighted by Gasteiger charge is 2.22. The van der Waals surface area contributed by atoms with Crippen LogP contribution in [0, 0.1) is 5.92 Å². The number of nitrogens with zero attached hydrogens (tertiary/aromatic N) is 4. The minimum absolute atomic E-state index is 0.0228. The van der Waals surface area contributed by atoms with Crippen LogP contribution in [0.4, 0.5) is 4.79 Å². The third-order valence-electron chi connectivity index (χ3n) is 4.76. The average molecular weight is 321 g/mol. The molecular formula is C16H27N5O2. The van der Waals surface area contributed by atoms with E-state index in [0.29, 0.717) is 19.0 Å². The Morgan fingerprint density at radius 3 is 3.09 bits per heavy atom. The Labute approximate surface area is 137 Å². The highest BCUT2D eigenvalue weighted by Crippen LogP contribution is 2.15. The first-order valence-electron chi connectivity index (χ1n) is 8.79. The van der Waals surface area contributed by atoms with Gasteiger partial charge in [0.15, 0.2) is 5.82 Å². The van der Waals surface area contributed by atoms with Gasteiger partial charge in [-0.15, -0.1) is 10.2 Å². The lowest BCUT2D eigenvalue weighted by atomic mass is 10.1. The van der Waals surface area contributed by atoms with Gasteiger partial charge in [-0.25, -0.2) is 4.79 Å². The van der Waals surface area contributed by atoms with Gasteiger partial charge in [-0.05, 0) is 26.2 Å². The number of urea groups is 1. The zero-order valence-corrected chi connectivity index (χ0v) is 14.0. The number of amides is 2. The molecule has 1 N–H and O–H groups in total. The molecular weight excluding hydrogens is 294 g/mol. The topological polar surface area (TPSA) is 72.3 Å². The Morgan fingerprint density at radius 2 is 2.30 bits per heavy atom. The summed E-state index contributed by atoms with van der Waals surface area (Å²) < 4.78 is 7.57. The molecule has 0 bridgehead atoms. The number of rotatable bonds is 5. The third-order valence-corrected chi connectivity index (χ3v) is 4.76. The van der Waals surface area contributed by atoms with Crippen molar-refractivity contribution >= 4 is 6.03 Å². The van der Waals surface area contributed by atoms with Gasteiger partial charge in [-0.2, -0.15) is 0 Å². The van der Waals surface area contributed by atoms with Gasteiger partial charge in [0.2, 0.25) is 0 Å². The first-order valence-corrected chi connectivity index (χ1v) is 8.79. The van der Waals surface area contributed by atoms with Crippen LogP contribution in [0.3, 0.4) is 0 Å². The molecule has 1 fully saturated rings. The normalized spacial score (nSPS) is 20.8. The van der Waals surface area contributed by atoms with Crippen LogP contribution in [0.25, 0.3) is 0 Å². The molecule has 2 aliphatic rings. The van der Waals surface area contributed by atoms with Crippen LogP contribution in [-0.4, -0.2) is 52.0 Å². The minimum atomic E-state index is -0.0228. The molecule has 2 aliphatic heterocycles. The fourth-order valence-corrected chi connectivity index (χ4v) is 3.34. The second-order valence-electron chi connectivity index (χ2n) is 6.42. The van der Waals surface area contributed by atoms with E-state index in [0.717, 1.165) is 57.2 Å². The van der Waals surface area contributed by atoms with Crippen molar-refractivity contribution in [2.24, 2.45) is 5.92 Å². The van der Waals surface area contributed by atoms with Gasteiger partial charge in [0.05, 0.1) is 13.2 Å². The summed E-state index contributed by atoms with van der Waals surface area (Å²) in [5, 5.41) is 11.5. The van der Waals surface area contributed by atoms with Gasteiger partial charge < -0.3 is 19.5 Å². The monoisotopic (exact) mass is 321 g/mol. The molecule has 1 atom stereocenters. The third kappa shape index (κ3) is 4.02. The van der Waals surface area contributed by atoms with E-state index in [-0.39, 0.29) is 6.03 Å². The summed E-state index contributed by atoms with van der Waals surface area (Å²) in [6.07, 6.45) is 5.61. The molecule has 1 aromatic rings. The van der Waals surface area contributed by atoms with Crippen molar-refractivity contribution in [3.63, 3.8) is 0 Å². The largest absolute Gasteiger partial charge is 0.381 e. The lowest BCUT2D eigenvalue weighted by molar-refractivity contribution is 0.166. The van der Waals surface area contributed by atoms with Crippen molar-refractivity contribution in [1.29, 1.82) is 0 Å². The highest BCUT2D eigenvalue weighted by atomic mass is 16.5. The van der Waals surface area contributed by atoms with Gasteiger partial charge in [0.1, 0.15) is 5.82 Å². The number of ether oxygens (including phenoxy) is 1. The summed E-state index contributed by atoms with van der Waals surface area (Å²) in [6.45, 7) is 6.48. The van der Waals surface area contributed by atoms with Crippen LogP contribution >= 0.6 is 0 Å². The lowest BCUT2D eigenvalue weighted by Crippen LogP contribution is -2.42. The van der Waals surface area contributed by atoms with E-state index >= 15 is 0 Å². The van der Waals surface area contributed by atoms with E-state index in [4.69, 9.17) is 4.74 Å². The molecule has 0 saturated carbocycles. The fraction of sp³-hybridized carbons (Fsp3) is 0.812. The molecule has 1 aromatic heterocycles. The van der Waals surface area contributed by atoms with Gasteiger partial charge in [-0.1, -0.05) is 6.42 Å². The first kappa shape index (κ1) is 16.2. The second kappa shape index (κ2) is 7.77. The van der Waals surface area contributed by atoms with Crippen LogP contribution in [0.5, 0.6) is 0 Å². The van der Waals surface area contributed by atoms with E-state index in [1.54, 1.807) is 0 Å². The molecule has 2 amide bonds. The molecule has 3 rings (SSSR count). The summed E-state index contributed by atoms with van der Waals surface area (Å²) in [4.78, 5) is 14.3. The van der Waals surface area contributed by atoms with Gasteiger partial charge in [0.25, 0.3) is 0 Å². The Morgan fingerprint density at radius 1 is 1.39 bits per heavy atom. The Bertz CT molecular complexity index is 525. The van der Waals surface area contributed by atoms with Gasteiger partial charge in [0, 0.05) is 38.6 Å². The van der Waals surface area contributed by atoms with Crippen LogP contribution in [-0.2, 0) is 24.2 Å². The fourth-order valence-electron chi connectivity index (χ4n) is 3.34. The highest BCUT2D eigenvalue weighted by molar-refractivity contribution is 5.74. The summed E-state index contributed by atoms with van der Waals surface area (Å²) in [7, 11) is 0. The number of nitrogens with one attached hydrogen (secondary N) is 1. The van der Waals surface area contributed by atoms with Gasteiger partial charge >= 0.3 is 6.03 Å². The standard InChI is InChI=1S/C16H27N5O2/c1-2-20(11-13-7-9-23-12-13)16(22)17-10-15-19-18-14-6-4-3-5-8-21(14)15/h13H,2-12H2,1H3,(H,17,22)/t13-/m1/s1. The summed E-state index contributed by atoms with van der Waals surface area (Å²) in [5.41, 5.74) is 0. The van der Waals surface area contributed by atoms with Crippen molar-refractivity contribution in [3.05, 3.63) is 11.6 Å². The van der Waals surface area contributed by atoms with Crippen molar-refractivity contribution in [3.8, 4) is 0 Å². The molecule has 0 aliphatic carbocycles. The summed E-state index contributed by atoms with van der Waals surface area (Å²) in [6, 6.07) is -0.0228.